The lowest BCUT2D eigenvalue weighted by Gasteiger charge is -2.33. The molecular formula is C33H27ClN8O5S. The van der Waals surface area contributed by atoms with Crippen molar-refractivity contribution in [2.24, 2.45) is 0 Å². The van der Waals surface area contributed by atoms with E-state index in [-0.39, 0.29) is 24.2 Å². The molecule has 2 aromatic carbocycles. The van der Waals surface area contributed by atoms with Crippen LogP contribution in [0, 0.1) is 0 Å². The van der Waals surface area contributed by atoms with Crippen molar-refractivity contribution in [2.75, 3.05) is 18.0 Å². The lowest BCUT2D eigenvalue weighted by Crippen LogP contribution is -2.35. The number of benzene rings is 2. The van der Waals surface area contributed by atoms with Crippen LogP contribution in [-0.2, 0) is 6.54 Å². The summed E-state index contributed by atoms with van der Waals surface area (Å²) in [5.74, 6) is -0.457. The standard InChI is InChI=1S/C17H17N5O2.C16H10ClN3O3S/c23-17(24)16-20-13-3-1-2-4-14(13)22(16)12-6-9-21(10-7-12)15-5-8-18-11-19-15;17-14-6-5-13(24-14)12-7-9(19-23-12)8-20-11-4-2-1-3-10(11)18-15(20)16(21)22/h1-5,8,11-12H,6-7,9-10H2,(H,23,24);1-7H,8H2,(H,21,22). The molecule has 1 aliphatic heterocycles. The summed E-state index contributed by atoms with van der Waals surface area (Å²) in [6, 6.07) is 22.3. The first-order valence-electron chi connectivity index (χ1n) is 15.0. The van der Waals surface area contributed by atoms with Gasteiger partial charge in [-0.15, -0.1) is 11.3 Å². The minimum atomic E-state index is -1.08. The van der Waals surface area contributed by atoms with Crippen molar-refractivity contribution in [1.82, 2.24) is 34.2 Å². The molecule has 2 N–H and O–H groups in total. The molecule has 0 unspecified atom stereocenters. The highest BCUT2D eigenvalue weighted by Gasteiger charge is 2.27. The van der Waals surface area contributed by atoms with Crippen molar-refractivity contribution in [3.05, 3.63) is 107 Å². The fourth-order valence-corrected chi connectivity index (χ4v) is 6.89. The van der Waals surface area contributed by atoms with E-state index in [0.717, 1.165) is 53.2 Å². The first kappa shape index (κ1) is 31.0. The summed E-state index contributed by atoms with van der Waals surface area (Å²) < 4.78 is 9.51. The average Bonchev–Trinajstić information content (AvgIpc) is 3.91. The minimum Gasteiger partial charge on any atom is -0.475 e. The molecule has 0 atom stereocenters. The molecule has 6 heterocycles. The van der Waals surface area contributed by atoms with Crippen LogP contribution in [0.1, 0.15) is 45.8 Å². The van der Waals surface area contributed by atoms with Crippen LogP contribution in [0.2, 0.25) is 4.34 Å². The molecule has 242 valence electrons. The smallest absolute Gasteiger partial charge is 0.372 e. The zero-order valence-electron chi connectivity index (χ0n) is 25.2. The molecule has 0 amide bonds. The molecule has 48 heavy (non-hydrogen) atoms. The average molecular weight is 683 g/mol. The largest absolute Gasteiger partial charge is 0.475 e. The summed E-state index contributed by atoms with van der Waals surface area (Å²) in [6.45, 7) is 1.91. The molecular weight excluding hydrogens is 656 g/mol. The van der Waals surface area contributed by atoms with E-state index in [2.05, 4.69) is 30.0 Å². The van der Waals surface area contributed by atoms with Crippen LogP contribution in [0.3, 0.4) is 0 Å². The fraction of sp³-hybridized carbons (Fsp3) is 0.182. The molecule has 0 spiro atoms. The highest BCUT2D eigenvalue weighted by Crippen LogP contribution is 2.32. The number of carboxylic acids is 2. The number of aromatic nitrogens is 7. The van der Waals surface area contributed by atoms with E-state index < -0.39 is 11.9 Å². The Morgan fingerprint density at radius 3 is 2.25 bits per heavy atom. The van der Waals surface area contributed by atoms with Gasteiger partial charge >= 0.3 is 11.9 Å². The van der Waals surface area contributed by atoms with Crippen LogP contribution < -0.4 is 4.90 Å². The van der Waals surface area contributed by atoms with Gasteiger partial charge in [-0.3, -0.25) is 0 Å². The van der Waals surface area contributed by atoms with Crippen molar-refractivity contribution >= 4 is 62.8 Å². The quantitative estimate of drug-likeness (QED) is 0.188. The predicted molar refractivity (Wildman–Crippen MR) is 180 cm³/mol. The van der Waals surface area contributed by atoms with Crippen molar-refractivity contribution in [3.63, 3.8) is 0 Å². The van der Waals surface area contributed by atoms with Crippen molar-refractivity contribution in [1.29, 1.82) is 0 Å². The van der Waals surface area contributed by atoms with E-state index in [0.29, 0.717) is 21.3 Å². The Morgan fingerprint density at radius 1 is 0.896 bits per heavy atom. The third-order valence-electron chi connectivity index (χ3n) is 8.05. The van der Waals surface area contributed by atoms with Crippen LogP contribution in [0.25, 0.3) is 32.7 Å². The van der Waals surface area contributed by atoms with E-state index in [1.165, 1.54) is 11.3 Å². The van der Waals surface area contributed by atoms with Gasteiger partial charge in [-0.05, 0) is 55.3 Å². The lowest BCUT2D eigenvalue weighted by molar-refractivity contribution is 0.0666. The number of fused-ring (bicyclic) bond motifs is 2. The number of anilines is 1. The molecule has 13 nitrogen and oxygen atoms in total. The number of para-hydroxylation sites is 4. The number of hydrogen-bond acceptors (Lipinski definition) is 10. The molecule has 7 aromatic rings. The topological polar surface area (TPSA) is 165 Å². The van der Waals surface area contributed by atoms with Gasteiger partial charge in [0.25, 0.3) is 0 Å². The van der Waals surface area contributed by atoms with E-state index in [4.69, 9.17) is 16.1 Å². The summed E-state index contributed by atoms with van der Waals surface area (Å²) in [5.41, 5.74) is 3.59. The zero-order valence-corrected chi connectivity index (χ0v) is 26.8. The Labute approximate surface area is 281 Å². The fourth-order valence-electron chi connectivity index (χ4n) is 5.90. The van der Waals surface area contributed by atoms with Crippen LogP contribution in [0.15, 0.2) is 89.8 Å². The van der Waals surface area contributed by atoms with E-state index >= 15 is 0 Å². The maximum absolute atomic E-state index is 11.6. The molecule has 0 aliphatic carbocycles. The van der Waals surface area contributed by atoms with Gasteiger partial charge < -0.3 is 28.8 Å². The minimum absolute atomic E-state index is 0.0279. The molecule has 0 bridgehead atoms. The zero-order chi connectivity index (χ0) is 33.2. The first-order valence-corrected chi connectivity index (χ1v) is 16.2. The number of rotatable bonds is 7. The summed E-state index contributed by atoms with van der Waals surface area (Å²) in [6.07, 6.45) is 4.99. The first-order chi connectivity index (χ1) is 23.4. The number of nitrogens with zero attached hydrogens (tertiary/aromatic N) is 8. The number of piperidine rings is 1. The Bertz CT molecular complexity index is 2240. The second-order valence-electron chi connectivity index (χ2n) is 11.0. The maximum Gasteiger partial charge on any atom is 0.372 e. The van der Waals surface area contributed by atoms with E-state index in [9.17, 15) is 19.8 Å². The van der Waals surface area contributed by atoms with Gasteiger partial charge in [-0.1, -0.05) is 41.0 Å². The summed E-state index contributed by atoms with van der Waals surface area (Å²) in [4.78, 5) is 42.8. The Hall–Kier alpha value is -5.60. The van der Waals surface area contributed by atoms with Gasteiger partial charge in [0.15, 0.2) is 5.76 Å². The van der Waals surface area contributed by atoms with Gasteiger partial charge in [0.2, 0.25) is 11.6 Å². The molecule has 1 saturated heterocycles. The van der Waals surface area contributed by atoms with Crippen molar-refractivity contribution in [3.8, 4) is 10.6 Å². The third-order valence-corrected chi connectivity index (χ3v) is 9.29. The Kier molecular flexibility index (Phi) is 8.57. The third kappa shape index (κ3) is 6.22. The highest BCUT2D eigenvalue weighted by molar-refractivity contribution is 7.19. The van der Waals surface area contributed by atoms with Crippen molar-refractivity contribution < 1.29 is 24.3 Å². The van der Waals surface area contributed by atoms with Crippen LogP contribution in [0.5, 0.6) is 0 Å². The number of aromatic carboxylic acids is 2. The molecule has 0 saturated carbocycles. The van der Waals surface area contributed by atoms with E-state index in [1.54, 1.807) is 35.3 Å². The number of imidazole rings is 2. The van der Waals surface area contributed by atoms with Gasteiger partial charge in [-0.25, -0.2) is 29.5 Å². The van der Waals surface area contributed by atoms with Crippen LogP contribution >= 0.6 is 22.9 Å². The number of hydrogen-bond donors (Lipinski definition) is 2. The summed E-state index contributed by atoms with van der Waals surface area (Å²) >= 11 is 7.32. The molecule has 1 aliphatic rings. The van der Waals surface area contributed by atoms with Gasteiger partial charge in [0.05, 0.1) is 37.8 Å². The van der Waals surface area contributed by atoms with Gasteiger partial charge in [0, 0.05) is 31.4 Å². The SMILES string of the molecule is O=C(O)c1nc2ccccc2n1C1CCN(c2ccncn2)CC1.O=C(O)c1nc2ccccc2n1Cc1cc(-c2ccc(Cl)s2)on1. The highest BCUT2D eigenvalue weighted by atomic mass is 35.5. The normalized spacial score (nSPS) is 13.5. The summed E-state index contributed by atoms with van der Waals surface area (Å²) in [5, 5.41) is 22.9. The van der Waals surface area contributed by atoms with Crippen LogP contribution in [0.4, 0.5) is 5.82 Å². The van der Waals surface area contributed by atoms with Crippen LogP contribution in [-0.4, -0.2) is 69.5 Å². The lowest BCUT2D eigenvalue weighted by atomic mass is 10.0. The number of carboxylic acid groups (broad SMARTS) is 2. The second-order valence-corrected chi connectivity index (χ2v) is 12.7. The second kappa shape index (κ2) is 13.3. The molecule has 1 fully saturated rings. The summed E-state index contributed by atoms with van der Waals surface area (Å²) in [7, 11) is 0. The van der Waals surface area contributed by atoms with E-state index in [1.807, 2.05) is 59.2 Å². The molecule has 15 heteroatoms. The van der Waals surface area contributed by atoms with Gasteiger partial charge in [-0.2, -0.15) is 0 Å². The molecule has 8 rings (SSSR count). The number of thiophene rings is 1. The maximum atomic E-state index is 11.6. The molecule has 0 radical (unpaired) electrons. The Morgan fingerprint density at radius 2 is 1.58 bits per heavy atom. The number of carbonyl (C=O) groups is 2. The Balaban J connectivity index is 0.000000152. The predicted octanol–water partition coefficient (Wildman–Crippen LogP) is 6.52. The van der Waals surface area contributed by atoms with Crippen molar-refractivity contribution in [2.45, 2.75) is 25.4 Å². The monoisotopic (exact) mass is 682 g/mol. The van der Waals surface area contributed by atoms with Gasteiger partial charge in [0.1, 0.15) is 17.8 Å². The molecule has 5 aromatic heterocycles. The number of halogens is 1.